The Balaban J connectivity index is 1.85. The Kier molecular flexibility index (Phi) is 4.88. The normalized spacial score (nSPS) is 14.9. The fraction of sp³-hybridized carbons (Fsp3) is 0.636. The standard InChI is InChI=1S/C11H18N6O3/c1-2-20-11(19)14-9-7-13-17(15-9)8-10(18)16-5-3-12-4-6-16/h7,12H,2-6,8H2,1H3,(H,14,15,19). The molecule has 0 unspecified atom stereocenters. The molecule has 20 heavy (non-hydrogen) atoms. The molecule has 1 fully saturated rings. The molecule has 2 amide bonds. The van der Waals surface area contributed by atoms with Gasteiger partial charge in [-0.3, -0.25) is 10.1 Å². The molecule has 1 aliphatic rings. The number of anilines is 1. The first-order valence-electron chi connectivity index (χ1n) is 6.51. The molecule has 1 saturated heterocycles. The number of carbonyl (C=O) groups is 2. The maximum absolute atomic E-state index is 12.0. The van der Waals surface area contributed by atoms with Crippen molar-refractivity contribution >= 4 is 17.8 Å². The topological polar surface area (TPSA) is 101 Å². The summed E-state index contributed by atoms with van der Waals surface area (Å²) in [6.07, 6.45) is 0.787. The number of nitrogens with one attached hydrogen (secondary N) is 2. The summed E-state index contributed by atoms with van der Waals surface area (Å²) in [6, 6.07) is 0. The number of carbonyl (C=O) groups excluding carboxylic acids is 2. The zero-order valence-electron chi connectivity index (χ0n) is 11.3. The summed E-state index contributed by atoms with van der Waals surface area (Å²) in [6.45, 7) is 5.03. The highest BCUT2D eigenvalue weighted by atomic mass is 16.5. The zero-order chi connectivity index (χ0) is 14.4. The molecule has 110 valence electrons. The summed E-state index contributed by atoms with van der Waals surface area (Å²) in [4.78, 5) is 26.2. The molecule has 2 heterocycles. The van der Waals surface area contributed by atoms with Crippen molar-refractivity contribution < 1.29 is 14.3 Å². The van der Waals surface area contributed by atoms with Crippen molar-refractivity contribution in [3.8, 4) is 0 Å². The van der Waals surface area contributed by atoms with Crippen LogP contribution in [0.2, 0.25) is 0 Å². The third-order valence-corrected chi connectivity index (χ3v) is 2.79. The first-order chi connectivity index (χ1) is 9.69. The number of hydrogen-bond acceptors (Lipinski definition) is 6. The van der Waals surface area contributed by atoms with Crippen LogP contribution in [0.4, 0.5) is 10.6 Å². The van der Waals surface area contributed by atoms with E-state index in [-0.39, 0.29) is 24.9 Å². The van der Waals surface area contributed by atoms with E-state index in [0.717, 1.165) is 13.1 Å². The average molecular weight is 282 g/mol. The van der Waals surface area contributed by atoms with Crippen LogP contribution < -0.4 is 10.6 Å². The van der Waals surface area contributed by atoms with Gasteiger partial charge in [-0.2, -0.15) is 9.90 Å². The minimum atomic E-state index is -0.590. The molecule has 1 aliphatic heterocycles. The minimum Gasteiger partial charge on any atom is -0.450 e. The highest BCUT2D eigenvalue weighted by Gasteiger charge is 2.17. The van der Waals surface area contributed by atoms with Crippen LogP contribution in [0, 0.1) is 0 Å². The Morgan fingerprint density at radius 2 is 2.20 bits per heavy atom. The SMILES string of the molecule is CCOC(=O)Nc1cnn(CC(=O)N2CCNCC2)n1. The highest BCUT2D eigenvalue weighted by molar-refractivity contribution is 5.83. The van der Waals surface area contributed by atoms with Gasteiger partial charge in [0.1, 0.15) is 6.54 Å². The first-order valence-corrected chi connectivity index (χ1v) is 6.51. The molecule has 0 aliphatic carbocycles. The fourth-order valence-corrected chi connectivity index (χ4v) is 1.84. The summed E-state index contributed by atoms with van der Waals surface area (Å²) in [7, 11) is 0. The van der Waals surface area contributed by atoms with Crippen molar-refractivity contribution in [3.05, 3.63) is 6.20 Å². The number of aromatic nitrogens is 3. The van der Waals surface area contributed by atoms with Crippen molar-refractivity contribution in [1.82, 2.24) is 25.2 Å². The van der Waals surface area contributed by atoms with E-state index < -0.39 is 6.09 Å². The maximum Gasteiger partial charge on any atom is 0.412 e. The van der Waals surface area contributed by atoms with E-state index in [0.29, 0.717) is 13.1 Å². The van der Waals surface area contributed by atoms with Crippen molar-refractivity contribution in [3.63, 3.8) is 0 Å². The van der Waals surface area contributed by atoms with Crippen molar-refractivity contribution in [2.24, 2.45) is 0 Å². The average Bonchev–Trinajstić information content (AvgIpc) is 2.87. The summed E-state index contributed by atoms with van der Waals surface area (Å²) in [5.74, 6) is 0.223. The van der Waals surface area contributed by atoms with Crippen LogP contribution in [0.25, 0.3) is 0 Å². The van der Waals surface area contributed by atoms with Gasteiger partial charge in [0, 0.05) is 26.2 Å². The van der Waals surface area contributed by atoms with Crippen molar-refractivity contribution in [1.29, 1.82) is 0 Å². The second-order valence-electron chi connectivity index (χ2n) is 4.24. The van der Waals surface area contributed by atoms with E-state index in [1.54, 1.807) is 11.8 Å². The van der Waals surface area contributed by atoms with Gasteiger partial charge in [-0.25, -0.2) is 4.79 Å². The lowest BCUT2D eigenvalue weighted by atomic mass is 10.3. The largest absolute Gasteiger partial charge is 0.450 e. The molecule has 2 N–H and O–H groups in total. The van der Waals surface area contributed by atoms with Crippen LogP contribution in [0.15, 0.2) is 6.20 Å². The number of nitrogens with zero attached hydrogens (tertiary/aromatic N) is 4. The number of hydrogen-bond donors (Lipinski definition) is 2. The maximum atomic E-state index is 12.0. The summed E-state index contributed by atoms with van der Waals surface area (Å²) >= 11 is 0. The number of piperazine rings is 1. The van der Waals surface area contributed by atoms with Crippen LogP contribution in [0.1, 0.15) is 6.92 Å². The second-order valence-corrected chi connectivity index (χ2v) is 4.24. The van der Waals surface area contributed by atoms with Gasteiger partial charge in [0.2, 0.25) is 5.91 Å². The lowest BCUT2D eigenvalue weighted by molar-refractivity contribution is -0.132. The fourth-order valence-electron chi connectivity index (χ4n) is 1.84. The Labute approximate surface area is 116 Å². The van der Waals surface area contributed by atoms with Crippen LogP contribution in [0.5, 0.6) is 0 Å². The Morgan fingerprint density at radius 1 is 1.45 bits per heavy atom. The molecule has 0 saturated carbocycles. The van der Waals surface area contributed by atoms with E-state index in [1.165, 1.54) is 11.0 Å². The molecule has 9 nitrogen and oxygen atoms in total. The number of amides is 2. The third-order valence-electron chi connectivity index (χ3n) is 2.79. The monoisotopic (exact) mass is 282 g/mol. The van der Waals surface area contributed by atoms with E-state index in [9.17, 15) is 9.59 Å². The summed E-state index contributed by atoms with van der Waals surface area (Å²) in [5.41, 5.74) is 0. The second kappa shape index (κ2) is 6.85. The smallest absolute Gasteiger partial charge is 0.412 e. The van der Waals surface area contributed by atoms with Crippen molar-refractivity contribution in [2.45, 2.75) is 13.5 Å². The summed E-state index contributed by atoms with van der Waals surface area (Å²) < 4.78 is 4.72. The first kappa shape index (κ1) is 14.3. The molecule has 0 radical (unpaired) electrons. The van der Waals surface area contributed by atoms with Gasteiger partial charge in [-0.15, -0.1) is 5.10 Å². The van der Waals surface area contributed by atoms with Crippen molar-refractivity contribution in [2.75, 3.05) is 38.1 Å². The van der Waals surface area contributed by atoms with E-state index >= 15 is 0 Å². The highest BCUT2D eigenvalue weighted by Crippen LogP contribution is 2.01. The number of ether oxygens (including phenoxy) is 1. The lowest BCUT2D eigenvalue weighted by Gasteiger charge is -2.27. The molecular formula is C11H18N6O3. The Hall–Kier alpha value is -2.16. The molecule has 0 aromatic carbocycles. The van der Waals surface area contributed by atoms with Gasteiger partial charge < -0.3 is 15.0 Å². The predicted octanol–water partition coefficient (Wildman–Crippen LogP) is -0.722. The molecule has 2 rings (SSSR count). The van der Waals surface area contributed by atoms with Gasteiger partial charge in [-0.1, -0.05) is 0 Å². The molecule has 9 heteroatoms. The van der Waals surface area contributed by atoms with Gasteiger partial charge in [0.25, 0.3) is 0 Å². The molecule has 0 bridgehead atoms. The Morgan fingerprint density at radius 3 is 2.90 bits per heavy atom. The van der Waals surface area contributed by atoms with Gasteiger partial charge in [-0.05, 0) is 6.92 Å². The van der Waals surface area contributed by atoms with E-state index in [2.05, 4.69) is 20.8 Å². The number of rotatable bonds is 4. The van der Waals surface area contributed by atoms with E-state index in [1.807, 2.05) is 0 Å². The van der Waals surface area contributed by atoms with Crippen LogP contribution >= 0.6 is 0 Å². The van der Waals surface area contributed by atoms with Crippen LogP contribution in [0.3, 0.4) is 0 Å². The lowest BCUT2D eigenvalue weighted by Crippen LogP contribution is -2.47. The van der Waals surface area contributed by atoms with Gasteiger partial charge in [0.15, 0.2) is 5.82 Å². The molecule has 0 atom stereocenters. The molecule has 0 spiro atoms. The van der Waals surface area contributed by atoms with Crippen LogP contribution in [-0.2, 0) is 16.1 Å². The van der Waals surface area contributed by atoms with E-state index in [4.69, 9.17) is 4.74 Å². The van der Waals surface area contributed by atoms with Gasteiger partial charge >= 0.3 is 6.09 Å². The zero-order valence-corrected chi connectivity index (χ0v) is 11.3. The predicted molar refractivity (Wildman–Crippen MR) is 70.1 cm³/mol. The molecule has 1 aromatic rings. The quantitative estimate of drug-likeness (QED) is 0.755. The molecular weight excluding hydrogens is 264 g/mol. The van der Waals surface area contributed by atoms with Crippen LogP contribution in [-0.4, -0.2) is 64.7 Å². The summed E-state index contributed by atoms with van der Waals surface area (Å²) in [5, 5.41) is 13.5. The van der Waals surface area contributed by atoms with Gasteiger partial charge in [0.05, 0.1) is 12.8 Å². The molecule has 1 aromatic heterocycles. The Bertz CT molecular complexity index is 468. The third kappa shape index (κ3) is 3.92. The minimum absolute atomic E-state index is 0.0372.